The van der Waals surface area contributed by atoms with E-state index in [1.807, 2.05) is 0 Å². The van der Waals surface area contributed by atoms with Gasteiger partial charge in [-0.1, -0.05) is 9.78 Å². The molecule has 1 aliphatic rings. The number of hydrogen-bond donors (Lipinski definition) is 4. The number of nitro groups is 1. The molecule has 1 aromatic heterocycles. The van der Waals surface area contributed by atoms with Crippen LogP contribution in [0.25, 0.3) is 0 Å². The first-order valence-electron chi connectivity index (χ1n) is 5.45. The maximum atomic E-state index is 10.8. The largest absolute Gasteiger partial charge is 0.394 e. The van der Waals surface area contributed by atoms with Gasteiger partial charge in [0.05, 0.1) is 18.9 Å². The fourth-order valence-electron chi connectivity index (χ4n) is 1.93. The number of aromatic nitrogens is 2. The van der Waals surface area contributed by atoms with Gasteiger partial charge in [-0.15, -0.1) is 0 Å². The van der Waals surface area contributed by atoms with Crippen LogP contribution in [0.1, 0.15) is 6.23 Å². The molecule has 0 aliphatic carbocycles. The van der Waals surface area contributed by atoms with Gasteiger partial charge in [-0.05, 0) is 4.92 Å². The van der Waals surface area contributed by atoms with Gasteiger partial charge in [0.1, 0.15) is 18.3 Å². The monoisotopic (exact) mass is 275 g/mol. The molecule has 0 radical (unpaired) electrons. The zero-order valence-electron chi connectivity index (χ0n) is 9.60. The van der Waals surface area contributed by atoms with Crippen LogP contribution in [0, 0.1) is 10.1 Å². The summed E-state index contributed by atoms with van der Waals surface area (Å²) in [5.74, 6) is -0.440. The Bertz CT molecular complexity index is 462. The zero-order valence-corrected chi connectivity index (χ0v) is 9.60. The van der Waals surface area contributed by atoms with Gasteiger partial charge in [0.25, 0.3) is 6.23 Å². The van der Waals surface area contributed by atoms with E-state index in [9.17, 15) is 25.4 Å². The van der Waals surface area contributed by atoms with Crippen molar-refractivity contribution in [3.05, 3.63) is 22.4 Å². The lowest BCUT2D eigenvalue weighted by atomic mass is 9.98. The summed E-state index contributed by atoms with van der Waals surface area (Å²) >= 11 is 0. The maximum Gasteiger partial charge on any atom is 0.347 e. The smallest absolute Gasteiger partial charge is 0.347 e. The van der Waals surface area contributed by atoms with Crippen molar-refractivity contribution in [1.29, 1.82) is 0 Å². The topological polar surface area (TPSA) is 151 Å². The first kappa shape index (κ1) is 13.8. The summed E-state index contributed by atoms with van der Waals surface area (Å²) in [7, 11) is 0. The van der Waals surface area contributed by atoms with Gasteiger partial charge in [-0.2, -0.15) is 0 Å². The lowest BCUT2D eigenvalue weighted by Crippen LogP contribution is -2.56. The van der Waals surface area contributed by atoms with Gasteiger partial charge in [-0.3, -0.25) is 0 Å². The summed E-state index contributed by atoms with van der Waals surface area (Å²) in [6, 6.07) is 1.10. The summed E-state index contributed by atoms with van der Waals surface area (Å²) < 4.78 is 5.93. The highest BCUT2D eigenvalue weighted by molar-refractivity contribution is 5.17. The summed E-state index contributed by atoms with van der Waals surface area (Å²) in [5, 5.41) is 52.4. The van der Waals surface area contributed by atoms with Crippen molar-refractivity contribution in [3.8, 4) is 0 Å². The number of nitrogens with zero attached hydrogens (tertiary/aromatic N) is 3. The summed E-state index contributed by atoms with van der Waals surface area (Å²) in [4.78, 5) is 10.0. The molecular formula is C9H13N3O7. The molecule has 0 spiro atoms. The molecule has 10 heteroatoms. The van der Waals surface area contributed by atoms with Crippen molar-refractivity contribution in [2.75, 3.05) is 6.61 Å². The first-order valence-corrected chi connectivity index (χ1v) is 5.45. The molecule has 19 heavy (non-hydrogen) atoms. The Hall–Kier alpha value is -1.59. The van der Waals surface area contributed by atoms with Crippen molar-refractivity contribution in [2.45, 2.75) is 30.6 Å². The Morgan fingerprint density at radius 2 is 2.05 bits per heavy atom. The van der Waals surface area contributed by atoms with Crippen LogP contribution in [-0.4, -0.2) is 66.2 Å². The molecule has 1 fully saturated rings. The van der Waals surface area contributed by atoms with Gasteiger partial charge in [-0.25, -0.2) is 0 Å². The molecule has 2 rings (SSSR count). The highest BCUT2D eigenvalue weighted by Gasteiger charge is 2.48. The second-order valence-corrected chi connectivity index (χ2v) is 4.11. The molecule has 1 aromatic rings. The van der Waals surface area contributed by atoms with Crippen LogP contribution in [0.4, 0.5) is 5.82 Å². The van der Waals surface area contributed by atoms with Gasteiger partial charge in [0.15, 0.2) is 6.10 Å². The summed E-state index contributed by atoms with van der Waals surface area (Å²) in [6.07, 6.45) is -6.13. The van der Waals surface area contributed by atoms with Crippen LogP contribution in [-0.2, 0) is 4.74 Å². The van der Waals surface area contributed by atoms with Crippen molar-refractivity contribution in [3.63, 3.8) is 0 Å². The number of aliphatic hydroxyl groups excluding tert-OH is 4. The highest BCUT2D eigenvalue weighted by Crippen LogP contribution is 2.30. The van der Waals surface area contributed by atoms with Crippen molar-refractivity contribution in [1.82, 2.24) is 9.78 Å². The lowest BCUT2D eigenvalue weighted by molar-refractivity contribution is -0.397. The molecule has 0 amide bonds. The quantitative estimate of drug-likeness (QED) is 0.357. The first-order chi connectivity index (χ1) is 8.97. The molecule has 0 unspecified atom stereocenters. The number of rotatable bonds is 3. The average Bonchev–Trinajstić information content (AvgIpc) is 2.85. The van der Waals surface area contributed by atoms with E-state index in [1.165, 1.54) is 0 Å². The number of hydrogen-bond acceptors (Lipinski definition) is 8. The van der Waals surface area contributed by atoms with E-state index >= 15 is 0 Å². The standard InChI is InChI=1S/C9H13N3O7/c13-3-4-6(14)7(15)8(16)9(19-4)11-5(12(17)18)1-2-10-11/h1-2,4,6-9,13-16H,3H2/t4-,6-,7+,8-,9-/m1/s1. The molecule has 2 heterocycles. The fourth-order valence-corrected chi connectivity index (χ4v) is 1.93. The molecule has 106 valence electrons. The number of ether oxygens (including phenoxy) is 1. The Morgan fingerprint density at radius 3 is 2.63 bits per heavy atom. The molecule has 4 N–H and O–H groups in total. The van der Waals surface area contributed by atoms with Crippen LogP contribution < -0.4 is 0 Å². The van der Waals surface area contributed by atoms with Crippen molar-refractivity contribution >= 4 is 5.82 Å². The van der Waals surface area contributed by atoms with E-state index in [4.69, 9.17) is 9.84 Å². The minimum Gasteiger partial charge on any atom is -0.394 e. The zero-order chi connectivity index (χ0) is 14.2. The molecule has 0 aromatic carbocycles. The molecule has 0 saturated carbocycles. The Balaban J connectivity index is 2.32. The minimum absolute atomic E-state index is 0.440. The third kappa shape index (κ3) is 2.31. The Morgan fingerprint density at radius 1 is 1.37 bits per heavy atom. The van der Waals surface area contributed by atoms with Crippen LogP contribution in [0.15, 0.2) is 12.3 Å². The van der Waals surface area contributed by atoms with Crippen LogP contribution >= 0.6 is 0 Å². The third-order valence-electron chi connectivity index (χ3n) is 2.94. The van der Waals surface area contributed by atoms with E-state index in [0.717, 1.165) is 16.9 Å². The van der Waals surface area contributed by atoms with Crippen LogP contribution in [0.2, 0.25) is 0 Å². The molecular weight excluding hydrogens is 262 g/mol. The van der Waals surface area contributed by atoms with Crippen molar-refractivity contribution in [2.24, 2.45) is 0 Å². The van der Waals surface area contributed by atoms with Crippen LogP contribution in [0.5, 0.6) is 0 Å². The van der Waals surface area contributed by atoms with Crippen LogP contribution in [0.3, 0.4) is 0 Å². The second-order valence-electron chi connectivity index (χ2n) is 4.11. The van der Waals surface area contributed by atoms with Gasteiger partial charge in [0, 0.05) is 0 Å². The van der Waals surface area contributed by atoms with E-state index < -0.39 is 48.0 Å². The highest BCUT2D eigenvalue weighted by atomic mass is 16.6. The second kappa shape index (κ2) is 5.19. The predicted molar refractivity (Wildman–Crippen MR) is 57.9 cm³/mol. The van der Waals surface area contributed by atoms with E-state index in [2.05, 4.69) is 5.10 Å². The summed E-state index contributed by atoms with van der Waals surface area (Å²) in [5.41, 5.74) is 0. The number of aliphatic hydroxyl groups is 4. The summed E-state index contributed by atoms with van der Waals surface area (Å²) in [6.45, 7) is -0.615. The molecule has 1 saturated heterocycles. The van der Waals surface area contributed by atoms with Gasteiger partial charge >= 0.3 is 5.82 Å². The Labute approximate surface area is 106 Å². The molecule has 1 aliphatic heterocycles. The Kier molecular flexibility index (Phi) is 3.78. The fraction of sp³-hybridized carbons (Fsp3) is 0.667. The minimum atomic E-state index is -1.61. The van der Waals surface area contributed by atoms with E-state index in [1.54, 1.807) is 0 Å². The van der Waals surface area contributed by atoms with Gasteiger partial charge < -0.3 is 35.3 Å². The van der Waals surface area contributed by atoms with Crippen molar-refractivity contribution < 1.29 is 30.1 Å². The SMILES string of the molecule is O=[N+]([O-])c1ccnn1[C@@H]1O[C@H](CO)[C@@H](O)[C@H](O)[C@H]1O. The van der Waals surface area contributed by atoms with E-state index in [-0.39, 0.29) is 0 Å². The molecule has 5 atom stereocenters. The molecule has 0 bridgehead atoms. The average molecular weight is 275 g/mol. The van der Waals surface area contributed by atoms with E-state index in [0.29, 0.717) is 0 Å². The third-order valence-corrected chi connectivity index (χ3v) is 2.94. The maximum absolute atomic E-state index is 10.8. The molecule has 10 nitrogen and oxygen atoms in total. The lowest BCUT2D eigenvalue weighted by Gasteiger charge is -2.37. The predicted octanol–water partition coefficient (Wildman–Crippen LogP) is -2.24. The normalized spacial score (nSPS) is 35.3. The van der Waals surface area contributed by atoms with Gasteiger partial charge in [0.2, 0.25) is 0 Å².